The topological polar surface area (TPSA) is 73.8 Å². The summed E-state index contributed by atoms with van der Waals surface area (Å²) >= 11 is 0. The first-order valence-electron chi connectivity index (χ1n) is 9.45. The number of carbonyl (C=O) groups excluding carboxylic acids is 3. The summed E-state index contributed by atoms with van der Waals surface area (Å²) in [5.74, 6) is 0.364. The maximum atomic E-state index is 12.4. The summed E-state index contributed by atoms with van der Waals surface area (Å²) in [4.78, 5) is 46.6. The average molecular weight is 378 g/mol. The lowest BCUT2D eigenvalue weighted by Gasteiger charge is -2.36. The number of amides is 2. The number of fused-ring (bicyclic) bond motifs is 1. The van der Waals surface area contributed by atoms with E-state index < -0.39 is 0 Å². The predicted octanol–water partition coefficient (Wildman–Crippen LogP) is 1.70. The van der Waals surface area contributed by atoms with E-state index in [1.54, 1.807) is 30.3 Å². The highest BCUT2D eigenvalue weighted by molar-refractivity contribution is 6.21. The van der Waals surface area contributed by atoms with Crippen molar-refractivity contribution in [2.45, 2.75) is 6.92 Å². The summed E-state index contributed by atoms with van der Waals surface area (Å²) in [5.41, 5.74) is 1.47. The van der Waals surface area contributed by atoms with E-state index in [1.165, 1.54) is 11.8 Å². The second-order valence-electron chi connectivity index (χ2n) is 7.07. The Balaban J connectivity index is 1.32. The molecule has 0 saturated carbocycles. The average Bonchev–Trinajstić information content (AvgIpc) is 2.97. The van der Waals surface area contributed by atoms with Crippen LogP contribution < -0.4 is 4.90 Å². The SMILES string of the molecule is CC(=O)c1cccc(N2CCN(CCN3C(=O)c4ccccc4C3=O)CC2)n1. The maximum absolute atomic E-state index is 12.4. The third-order valence-electron chi connectivity index (χ3n) is 5.31. The molecule has 28 heavy (non-hydrogen) atoms. The molecule has 0 spiro atoms. The van der Waals surface area contributed by atoms with E-state index in [2.05, 4.69) is 14.8 Å². The van der Waals surface area contributed by atoms with E-state index >= 15 is 0 Å². The van der Waals surface area contributed by atoms with Gasteiger partial charge in [0.1, 0.15) is 11.5 Å². The lowest BCUT2D eigenvalue weighted by molar-refractivity contribution is 0.0634. The fourth-order valence-corrected chi connectivity index (χ4v) is 3.68. The summed E-state index contributed by atoms with van der Waals surface area (Å²) in [5, 5.41) is 0. The van der Waals surface area contributed by atoms with Crippen molar-refractivity contribution in [1.82, 2.24) is 14.8 Å². The molecular formula is C21H22N4O3. The Labute approximate surface area is 163 Å². The molecule has 0 bridgehead atoms. The molecule has 0 atom stereocenters. The Kier molecular flexibility index (Phi) is 4.92. The number of rotatable bonds is 5. The van der Waals surface area contributed by atoms with Crippen LogP contribution in [0.4, 0.5) is 5.82 Å². The highest BCUT2D eigenvalue weighted by atomic mass is 16.2. The van der Waals surface area contributed by atoms with E-state index in [-0.39, 0.29) is 17.6 Å². The number of hydrogen-bond acceptors (Lipinski definition) is 6. The quantitative estimate of drug-likeness (QED) is 0.582. The van der Waals surface area contributed by atoms with Crippen LogP contribution in [0.3, 0.4) is 0 Å². The monoisotopic (exact) mass is 378 g/mol. The number of ketones is 1. The molecule has 2 aliphatic rings. The Morgan fingerprint density at radius 3 is 2.14 bits per heavy atom. The van der Waals surface area contributed by atoms with Crippen molar-refractivity contribution in [2.24, 2.45) is 0 Å². The Morgan fingerprint density at radius 1 is 0.893 bits per heavy atom. The largest absolute Gasteiger partial charge is 0.354 e. The van der Waals surface area contributed by atoms with Crippen LogP contribution in [-0.2, 0) is 0 Å². The van der Waals surface area contributed by atoms with Gasteiger partial charge in [-0.1, -0.05) is 18.2 Å². The summed E-state index contributed by atoms with van der Waals surface area (Å²) in [6.45, 7) is 5.77. The molecule has 3 heterocycles. The molecule has 1 aromatic carbocycles. The molecule has 0 unspecified atom stereocenters. The molecular weight excluding hydrogens is 356 g/mol. The molecule has 1 fully saturated rings. The Morgan fingerprint density at radius 2 is 1.54 bits per heavy atom. The molecule has 144 valence electrons. The van der Waals surface area contributed by atoms with Gasteiger partial charge in [-0.05, 0) is 24.3 Å². The van der Waals surface area contributed by atoms with Gasteiger partial charge in [0.05, 0.1) is 11.1 Å². The van der Waals surface area contributed by atoms with Crippen molar-refractivity contribution in [3.05, 3.63) is 59.3 Å². The lowest BCUT2D eigenvalue weighted by Crippen LogP contribution is -2.49. The van der Waals surface area contributed by atoms with Crippen LogP contribution in [0, 0.1) is 0 Å². The van der Waals surface area contributed by atoms with Crippen LogP contribution >= 0.6 is 0 Å². The zero-order valence-corrected chi connectivity index (χ0v) is 15.8. The highest BCUT2D eigenvalue weighted by Crippen LogP contribution is 2.22. The van der Waals surface area contributed by atoms with Gasteiger partial charge in [0.15, 0.2) is 5.78 Å². The first-order valence-corrected chi connectivity index (χ1v) is 9.45. The number of imide groups is 1. The maximum Gasteiger partial charge on any atom is 0.261 e. The number of carbonyl (C=O) groups is 3. The van der Waals surface area contributed by atoms with Crippen molar-refractivity contribution < 1.29 is 14.4 Å². The van der Waals surface area contributed by atoms with Crippen LogP contribution in [0.15, 0.2) is 42.5 Å². The molecule has 1 saturated heterocycles. The number of piperazine rings is 1. The molecule has 7 nitrogen and oxygen atoms in total. The van der Waals surface area contributed by atoms with E-state index in [0.717, 1.165) is 32.0 Å². The van der Waals surface area contributed by atoms with Gasteiger partial charge in [-0.15, -0.1) is 0 Å². The minimum Gasteiger partial charge on any atom is -0.354 e. The number of hydrogen-bond donors (Lipinski definition) is 0. The third-order valence-corrected chi connectivity index (χ3v) is 5.31. The van der Waals surface area contributed by atoms with Crippen molar-refractivity contribution in [3.63, 3.8) is 0 Å². The molecule has 0 radical (unpaired) electrons. The van der Waals surface area contributed by atoms with Crippen LogP contribution in [-0.4, -0.2) is 71.6 Å². The number of aromatic nitrogens is 1. The second-order valence-corrected chi connectivity index (χ2v) is 7.07. The van der Waals surface area contributed by atoms with Gasteiger partial charge in [0.2, 0.25) is 0 Å². The van der Waals surface area contributed by atoms with Crippen LogP contribution in [0.1, 0.15) is 38.1 Å². The van der Waals surface area contributed by atoms with Crippen LogP contribution in [0.25, 0.3) is 0 Å². The van der Waals surface area contributed by atoms with Gasteiger partial charge in [-0.2, -0.15) is 0 Å². The second kappa shape index (κ2) is 7.52. The first-order chi connectivity index (χ1) is 13.5. The van der Waals surface area contributed by atoms with E-state index in [9.17, 15) is 14.4 Å². The standard InChI is InChI=1S/C21H22N4O3/c1-15(26)18-7-4-8-19(22-18)24-12-9-23(10-13-24)11-14-25-20(27)16-5-2-3-6-17(16)21(25)28/h2-8H,9-14H2,1H3. The molecule has 1 aromatic heterocycles. The van der Waals surface area contributed by atoms with Gasteiger partial charge in [-0.25, -0.2) is 4.98 Å². The minimum absolute atomic E-state index is 0.0403. The number of Topliss-reactive ketones (excluding diaryl/α,β-unsaturated/α-hetero) is 1. The molecule has 0 aliphatic carbocycles. The summed E-state index contributed by atoms with van der Waals surface area (Å²) < 4.78 is 0. The highest BCUT2D eigenvalue weighted by Gasteiger charge is 2.35. The Bertz CT molecular complexity index is 900. The fraction of sp³-hybridized carbons (Fsp3) is 0.333. The normalized spacial score (nSPS) is 17.2. The third kappa shape index (κ3) is 3.41. The lowest BCUT2D eigenvalue weighted by atomic mass is 10.1. The molecule has 2 amide bonds. The van der Waals surface area contributed by atoms with E-state index in [0.29, 0.717) is 29.9 Å². The van der Waals surface area contributed by atoms with Gasteiger partial charge in [-0.3, -0.25) is 24.2 Å². The molecule has 7 heteroatoms. The fourth-order valence-electron chi connectivity index (χ4n) is 3.68. The minimum atomic E-state index is -0.204. The van der Waals surface area contributed by atoms with Gasteiger partial charge >= 0.3 is 0 Å². The van der Waals surface area contributed by atoms with Crippen molar-refractivity contribution >= 4 is 23.4 Å². The van der Waals surface area contributed by atoms with Gasteiger partial charge in [0.25, 0.3) is 11.8 Å². The smallest absolute Gasteiger partial charge is 0.261 e. The molecule has 2 aromatic rings. The van der Waals surface area contributed by atoms with Gasteiger partial charge < -0.3 is 4.90 Å². The Hall–Kier alpha value is -3.06. The number of anilines is 1. The summed E-state index contributed by atoms with van der Waals surface area (Å²) in [7, 11) is 0. The van der Waals surface area contributed by atoms with E-state index in [1.807, 2.05) is 12.1 Å². The molecule has 0 N–H and O–H groups in total. The molecule has 4 rings (SSSR count). The number of pyridine rings is 1. The van der Waals surface area contributed by atoms with Crippen molar-refractivity contribution in [1.29, 1.82) is 0 Å². The predicted molar refractivity (Wildman–Crippen MR) is 105 cm³/mol. The van der Waals surface area contributed by atoms with Crippen molar-refractivity contribution in [2.75, 3.05) is 44.2 Å². The molecule has 2 aliphatic heterocycles. The van der Waals surface area contributed by atoms with E-state index in [4.69, 9.17) is 0 Å². The van der Waals surface area contributed by atoms with Crippen LogP contribution in [0.2, 0.25) is 0 Å². The van der Waals surface area contributed by atoms with Crippen molar-refractivity contribution in [3.8, 4) is 0 Å². The summed E-state index contributed by atoms with van der Waals surface area (Å²) in [6, 6.07) is 12.5. The van der Waals surface area contributed by atoms with Crippen LogP contribution in [0.5, 0.6) is 0 Å². The number of nitrogens with zero attached hydrogens (tertiary/aromatic N) is 4. The van der Waals surface area contributed by atoms with Gasteiger partial charge in [0, 0.05) is 46.2 Å². The zero-order chi connectivity index (χ0) is 19.7. The zero-order valence-electron chi connectivity index (χ0n) is 15.8. The first kappa shape index (κ1) is 18.3. The summed E-state index contributed by atoms with van der Waals surface area (Å²) in [6.07, 6.45) is 0. The number of benzene rings is 1.